The molecule has 1 aromatic carbocycles. The van der Waals surface area contributed by atoms with Crippen molar-refractivity contribution in [2.45, 2.75) is 12.2 Å². The Morgan fingerprint density at radius 2 is 1.86 bits per heavy atom. The van der Waals surface area contributed by atoms with Crippen LogP contribution < -0.4 is 5.32 Å². The molecule has 6 heteroatoms. The molecule has 0 spiro atoms. The Balaban J connectivity index is 1.99. The molecule has 0 amide bonds. The second-order valence-electron chi connectivity index (χ2n) is 5.33. The van der Waals surface area contributed by atoms with Crippen LogP contribution in [0.15, 0.2) is 41.8 Å². The maximum absolute atomic E-state index is 13.0. The van der Waals surface area contributed by atoms with Gasteiger partial charge in [0.05, 0.1) is 11.6 Å². The smallest absolute Gasteiger partial charge is 0.314 e. The third-order valence-corrected chi connectivity index (χ3v) is 4.78. The van der Waals surface area contributed by atoms with E-state index in [0.29, 0.717) is 5.56 Å². The normalized spacial score (nSPS) is 18.3. The predicted molar refractivity (Wildman–Crippen MR) is 82.0 cm³/mol. The molecular formula is C16H17F3N2S. The second-order valence-corrected chi connectivity index (χ2v) is 6.31. The summed E-state index contributed by atoms with van der Waals surface area (Å²) in [5, 5.41) is 5.25. The van der Waals surface area contributed by atoms with Gasteiger partial charge >= 0.3 is 6.18 Å². The minimum absolute atomic E-state index is 0.107. The number of alkyl halides is 3. The van der Waals surface area contributed by atoms with Crippen LogP contribution in [0.25, 0.3) is 0 Å². The second kappa shape index (κ2) is 6.40. The highest BCUT2D eigenvalue weighted by atomic mass is 32.1. The Hall–Kier alpha value is -1.37. The monoisotopic (exact) mass is 326 g/mol. The number of halogens is 3. The van der Waals surface area contributed by atoms with Crippen LogP contribution in [0.3, 0.4) is 0 Å². The lowest BCUT2D eigenvalue weighted by molar-refractivity contribution is -0.137. The fourth-order valence-corrected chi connectivity index (χ4v) is 3.71. The molecule has 0 saturated carbocycles. The van der Waals surface area contributed by atoms with E-state index in [1.807, 2.05) is 17.5 Å². The molecule has 2 nitrogen and oxygen atoms in total. The van der Waals surface area contributed by atoms with E-state index in [4.69, 9.17) is 0 Å². The highest BCUT2D eigenvalue weighted by Crippen LogP contribution is 2.35. The molecule has 1 aliphatic heterocycles. The number of hydrogen-bond donors (Lipinski definition) is 1. The zero-order valence-electron chi connectivity index (χ0n) is 11.9. The number of piperazine rings is 1. The third-order valence-electron chi connectivity index (χ3n) is 3.86. The van der Waals surface area contributed by atoms with E-state index in [9.17, 15) is 13.2 Å². The molecule has 1 unspecified atom stereocenters. The van der Waals surface area contributed by atoms with Crippen LogP contribution in [0.5, 0.6) is 0 Å². The number of benzene rings is 1. The predicted octanol–water partition coefficient (Wildman–Crippen LogP) is 3.76. The van der Waals surface area contributed by atoms with Crippen LogP contribution in [-0.2, 0) is 6.18 Å². The molecule has 22 heavy (non-hydrogen) atoms. The first kappa shape index (κ1) is 15.5. The topological polar surface area (TPSA) is 15.3 Å². The van der Waals surface area contributed by atoms with Crippen molar-refractivity contribution in [2.24, 2.45) is 0 Å². The van der Waals surface area contributed by atoms with Gasteiger partial charge in [0.1, 0.15) is 0 Å². The Kier molecular flexibility index (Phi) is 4.52. The average Bonchev–Trinajstić information content (AvgIpc) is 3.02. The highest BCUT2D eigenvalue weighted by molar-refractivity contribution is 7.10. The quantitative estimate of drug-likeness (QED) is 0.924. The van der Waals surface area contributed by atoms with Crippen molar-refractivity contribution >= 4 is 11.3 Å². The summed E-state index contributed by atoms with van der Waals surface area (Å²) in [4.78, 5) is 3.33. The third kappa shape index (κ3) is 3.34. The Labute approximate surface area is 131 Å². The minimum atomic E-state index is -4.31. The summed E-state index contributed by atoms with van der Waals surface area (Å²) in [5.74, 6) is 0. The largest absolute Gasteiger partial charge is 0.416 e. The fourth-order valence-electron chi connectivity index (χ4n) is 2.83. The van der Waals surface area contributed by atoms with Crippen LogP contribution >= 0.6 is 11.3 Å². The lowest BCUT2D eigenvalue weighted by Gasteiger charge is -2.35. The van der Waals surface area contributed by atoms with E-state index in [1.165, 1.54) is 12.1 Å². The molecule has 2 heterocycles. The first-order valence-corrected chi connectivity index (χ1v) is 8.09. The summed E-state index contributed by atoms with van der Waals surface area (Å²) in [5.41, 5.74) is 0.126. The van der Waals surface area contributed by atoms with Crippen LogP contribution in [0.4, 0.5) is 13.2 Å². The first-order chi connectivity index (χ1) is 10.6. The minimum Gasteiger partial charge on any atom is -0.314 e. The number of nitrogens with zero attached hydrogens (tertiary/aromatic N) is 1. The van der Waals surface area contributed by atoms with Crippen molar-refractivity contribution < 1.29 is 13.2 Å². The van der Waals surface area contributed by atoms with E-state index < -0.39 is 11.7 Å². The standard InChI is InChI=1S/C16H17F3N2S/c17-16(18,19)13-4-1-3-12(11-13)15(14-5-2-10-22-14)21-8-6-20-7-9-21/h1-5,10-11,15,20H,6-9H2. The Bertz CT molecular complexity index is 604. The Morgan fingerprint density at radius 1 is 1.09 bits per heavy atom. The van der Waals surface area contributed by atoms with Crippen molar-refractivity contribution in [3.05, 3.63) is 57.8 Å². The van der Waals surface area contributed by atoms with Gasteiger partial charge in [-0.05, 0) is 29.1 Å². The molecule has 1 aliphatic rings. The Morgan fingerprint density at radius 3 is 2.50 bits per heavy atom. The van der Waals surface area contributed by atoms with Gasteiger partial charge in [-0.1, -0.05) is 18.2 Å². The number of nitrogens with one attached hydrogen (secondary N) is 1. The van der Waals surface area contributed by atoms with Crippen molar-refractivity contribution in [1.29, 1.82) is 0 Å². The number of hydrogen-bond acceptors (Lipinski definition) is 3. The maximum atomic E-state index is 13.0. The lowest BCUT2D eigenvalue weighted by Crippen LogP contribution is -2.45. The molecule has 1 N–H and O–H groups in total. The first-order valence-electron chi connectivity index (χ1n) is 7.21. The van der Waals surface area contributed by atoms with Crippen LogP contribution in [-0.4, -0.2) is 31.1 Å². The van der Waals surface area contributed by atoms with E-state index in [0.717, 1.165) is 37.1 Å². The molecule has 0 bridgehead atoms. The molecule has 0 radical (unpaired) electrons. The average molecular weight is 326 g/mol. The van der Waals surface area contributed by atoms with E-state index in [2.05, 4.69) is 10.2 Å². The molecule has 118 valence electrons. The van der Waals surface area contributed by atoms with Gasteiger partial charge in [0.15, 0.2) is 0 Å². The molecule has 2 aromatic rings. The number of rotatable bonds is 3. The summed E-state index contributed by atoms with van der Waals surface area (Å²) >= 11 is 1.59. The van der Waals surface area contributed by atoms with Gasteiger partial charge in [-0.25, -0.2) is 0 Å². The number of thiophene rings is 1. The molecule has 1 fully saturated rings. The molecular weight excluding hydrogens is 309 g/mol. The summed E-state index contributed by atoms with van der Waals surface area (Å²) < 4.78 is 39.0. The van der Waals surface area contributed by atoms with Crippen molar-refractivity contribution in [3.63, 3.8) is 0 Å². The van der Waals surface area contributed by atoms with E-state index in [-0.39, 0.29) is 6.04 Å². The van der Waals surface area contributed by atoms with Gasteiger partial charge in [0, 0.05) is 31.1 Å². The van der Waals surface area contributed by atoms with Crippen LogP contribution in [0, 0.1) is 0 Å². The maximum Gasteiger partial charge on any atom is 0.416 e. The molecule has 1 atom stereocenters. The molecule has 1 aromatic heterocycles. The lowest BCUT2D eigenvalue weighted by atomic mass is 10.00. The highest BCUT2D eigenvalue weighted by Gasteiger charge is 2.32. The fraction of sp³-hybridized carbons (Fsp3) is 0.375. The van der Waals surface area contributed by atoms with Crippen molar-refractivity contribution in [2.75, 3.05) is 26.2 Å². The summed E-state index contributed by atoms with van der Waals surface area (Å²) in [7, 11) is 0. The summed E-state index contributed by atoms with van der Waals surface area (Å²) in [6, 6.07) is 9.55. The van der Waals surface area contributed by atoms with Gasteiger partial charge in [-0.15, -0.1) is 11.3 Å². The van der Waals surface area contributed by atoms with Gasteiger partial charge in [-0.2, -0.15) is 13.2 Å². The molecule has 3 rings (SSSR count). The zero-order chi connectivity index (χ0) is 15.6. The summed E-state index contributed by atoms with van der Waals surface area (Å²) in [6.45, 7) is 3.39. The van der Waals surface area contributed by atoms with Gasteiger partial charge < -0.3 is 5.32 Å². The van der Waals surface area contributed by atoms with E-state index >= 15 is 0 Å². The van der Waals surface area contributed by atoms with Gasteiger partial charge in [-0.3, -0.25) is 4.90 Å². The van der Waals surface area contributed by atoms with Crippen LogP contribution in [0.1, 0.15) is 22.0 Å². The van der Waals surface area contributed by atoms with Crippen molar-refractivity contribution in [3.8, 4) is 0 Å². The van der Waals surface area contributed by atoms with Gasteiger partial charge in [0.2, 0.25) is 0 Å². The SMILES string of the molecule is FC(F)(F)c1cccc(C(c2cccs2)N2CCNCC2)c1. The molecule has 1 saturated heterocycles. The molecule has 0 aliphatic carbocycles. The zero-order valence-corrected chi connectivity index (χ0v) is 12.8. The summed E-state index contributed by atoms with van der Waals surface area (Å²) in [6.07, 6.45) is -4.31. The van der Waals surface area contributed by atoms with E-state index in [1.54, 1.807) is 17.4 Å². The van der Waals surface area contributed by atoms with Crippen molar-refractivity contribution in [1.82, 2.24) is 10.2 Å². The van der Waals surface area contributed by atoms with Gasteiger partial charge in [0.25, 0.3) is 0 Å². The van der Waals surface area contributed by atoms with Crippen LogP contribution in [0.2, 0.25) is 0 Å².